The zero-order chi connectivity index (χ0) is 22.7. The number of fused-ring (bicyclic) bond motifs is 2. The van der Waals surface area contributed by atoms with Crippen molar-refractivity contribution in [1.29, 1.82) is 0 Å². The average molecular weight is 446 g/mol. The van der Waals surface area contributed by atoms with Gasteiger partial charge in [0.2, 0.25) is 0 Å². The summed E-state index contributed by atoms with van der Waals surface area (Å²) in [5.74, 6) is -0.255. The normalized spacial score (nSPS) is 12.8. The van der Waals surface area contributed by atoms with Gasteiger partial charge >= 0.3 is 7.60 Å². The molecule has 4 nitrogen and oxygen atoms in total. The first kappa shape index (κ1) is 22.4. The van der Waals surface area contributed by atoms with Crippen molar-refractivity contribution < 1.29 is 18.4 Å². The minimum Gasteiger partial charge on any atom is -0.308 e. The molecule has 32 heavy (non-hydrogen) atoms. The third-order valence-corrected chi connectivity index (χ3v) is 8.04. The van der Waals surface area contributed by atoms with Crippen molar-refractivity contribution in [2.45, 2.75) is 26.4 Å². The summed E-state index contributed by atoms with van der Waals surface area (Å²) in [5.41, 5.74) is 0.957. The molecule has 0 radical (unpaired) electrons. The summed E-state index contributed by atoms with van der Waals surface area (Å²) in [5, 5.41) is 3.85. The van der Waals surface area contributed by atoms with Crippen LogP contribution in [0.4, 0.5) is 0 Å². The van der Waals surface area contributed by atoms with E-state index in [4.69, 9.17) is 9.05 Å². The number of carbonyl (C=O) groups excluding carboxylic acids is 1. The first-order chi connectivity index (χ1) is 15.5. The summed E-state index contributed by atoms with van der Waals surface area (Å²) < 4.78 is 25.5. The quantitative estimate of drug-likeness (QED) is 0.208. The van der Waals surface area contributed by atoms with Crippen LogP contribution in [0.15, 0.2) is 78.9 Å². The molecule has 0 fully saturated rings. The average Bonchev–Trinajstić information content (AvgIpc) is 2.79. The fourth-order valence-corrected chi connectivity index (χ4v) is 6.34. The van der Waals surface area contributed by atoms with Gasteiger partial charge in [-0.1, -0.05) is 72.8 Å². The second-order valence-corrected chi connectivity index (χ2v) is 9.84. The second-order valence-electron chi connectivity index (χ2n) is 7.72. The summed E-state index contributed by atoms with van der Waals surface area (Å²) in [4.78, 5) is 14.1. The summed E-state index contributed by atoms with van der Waals surface area (Å²) >= 11 is 0. The Morgan fingerprint density at radius 3 is 2.03 bits per heavy atom. The Morgan fingerprint density at radius 1 is 0.812 bits per heavy atom. The highest BCUT2D eigenvalue weighted by molar-refractivity contribution is 7.55. The van der Waals surface area contributed by atoms with E-state index in [1.165, 1.54) is 0 Å². The Hall–Kier alpha value is -2.78. The SMILES string of the molecule is CCOP(=O)(OCC)C(C(=O)c1cc2ccccc2cc1C)c1cccc2ccccc12. The molecule has 0 spiro atoms. The minimum atomic E-state index is -3.81. The van der Waals surface area contributed by atoms with Gasteiger partial charge in [0, 0.05) is 5.56 Å². The lowest BCUT2D eigenvalue weighted by Crippen LogP contribution is -2.18. The molecule has 0 aliphatic rings. The van der Waals surface area contributed by atoms with Crippen LogP contribution in [0.25, 0.3) is 21.5 Å². The van der Waals surface area contributed by atoms with Gasteiger partial charge in [0.1, 0.15) is 5.66 Å². The van der Waals surface area contributed by atoms with Gasteiger partial charge in [-0.25, -0.2) is 0 Å². The topological polar surface area (TPSA) is 52.6 Å². The lowest BCUT2D eigenvalue weighted by Gasteiger charge is -2.27. The summed E-state index contributed by atoms with van der Waals surface area (Å²) in [7, 11) is -3.81. The molecule has 164 valence electrons. The molecule has 0 saturated heterocycles. The van der Waals surface area contributed by atoms with E-state index in [1.54, 1.807) is 13.8 Å². The standard InChI is InChI=1S/C27H27O4P/c1-4-30-32(29,31-5-2)27(24-16-10-14-20-11-8-9-15-23(20)24)26(28)25-18-22-13-7-6-12-21(22)17-19(25)3/h6-18,27H,4-5H2,1-3H3. The van der Waals surface area contributed by atoms with Crippen molar-refractivity contribution in [3.05, 3.63) is 95.6 Å². The molecule has 1 unspecified atom stereocenters. The summed E-state index contributed by atoms with van der Waals surface area (Å²) in [6.45, 7) is 5.80. The molecule has 0 bridgehead atoms. The maximum absolute atomic E-state index is 14.1. The minimum absolute atomic E-state index is 0.183. The number of rotatable bonds is 8. The maximum Gasteiger partial charge on any atom is 0.345 e. The predicted octanol–water partition coefficient (Wildman–Crippen LogP) is 7.49. The number of carbonyl (C=O) groups is 1. The van der Waals surface area contributed by atoms with Gasteiger partial charge in [0.05, 0.1) is 13.2 Å². The van der Waals surface area contributed by atoms with Crippen LogP contribution in [0.3, 0.4) is 0 Å². The van der Waals surface area contributed by atoms with Gasteiger partial charge in [-0.2, -0.15) is 0 Å². The first-order valence-electron chi connectivity index (χ1n) is 10.9. The number of Topliss-reactive ketones (excluding diaryl/α,β-unsaturated/α-hetero) is 1. The van der Waals surface area contributed by atoms with Crippen molar-refractivity contribution in [3.63, 3.8) is 0 Å². The van der Waals surface area contributed by atoms with Gasteiger partial charge < -0.3 is 9.05 Å². The molecule has 4 rings (SSSR count). The monoisotopic (exact) mass is 446 g/mol. The van der Waals surface area contributed by atoms with E-state index in [0.717, 1.165) is 27.1 Å². The summed E-state index contributed by atoms with van der Waals surface area (Å²) in [6.07, 6.45) is 0. The van der Waals surface area contributed by atoms with Crippen LogP contribution in [0.2, 0.25) is 0 Å². The molecule has 5 heteroatoms. The highest BCUT2D eigenvalue weighted by atomic mass is 31.2. The van der Waals surface area contributed by atoms with Crippen LogP contribution >= 0.6 is 7.60 Å². The van der Waals surface area contributed by atoms with Crippen LogP contribution in [-0.2, 0) is 13.6 Å². The van der Waals surface area contributed by atoms with Crippen LogP contribution < -0.4 is 0 Å². The Kier molecular flexibility index (Phi) is 6.57. The molecule has 0 heterocycles. The molecule has 0 N–H and O–H groups in total. The van der Waals surface area contributed by atoms with Gasteiger partial charge in [-0.3, -0.25) is 9.36 Å². The Balaban J connectivity index is 1.96. The number of hydrogen-bond donors (Lipinski definition) is 0. The van der Waals surface area contributed by atoms with E-state index in [2.05, 4.69) is 0 Å². The first-order valence-corrected chi connectivity index (χ1v) is 12.5. The maximum atomic E-state index is 14.1. The molecule has 0 aromatic heterocycles. The van der Waals surface area contributed by atoms with Gasteiger partial charge in [0.25, 0.3) is 0 Å². The van der Waals surface area contributed by atoms with Gasteiger partial charge in [-0.05, 0) is 59.5 Å². The Morgan fingerprint density at radius 2 is 1.38 bits per heavy atom. The third-order valence-electron chi connectivity index (χ3n) is 5.66. The fraction of sp³-hybridized carbons (Fsp3) is 0.222. The van der Waals surface area contributed by atoms with Crippen molar-refractivity contribution >= 4 is 34.9 Å². The Bertz CT molecular complexity index is 1310. The number of benzene rings is 4. The van der Waals surface area contributed by atoms with Crippen molar-refractivity contribution in [2.75, 3.05) is 13.2 Å². The molecule has 4 aromatic rings. The number of aryl methyl sites for hydroxylation is 1. The lowest BCUT2D eigenvalue weighted by molar-refractivity contribution is 0.0967. The van der Waals surface area contributed by atoms with E-state index >= 15 is 0 Å². The Labute approximate surface area is 188 Å². The van der Waals surface area contributed by atoms with E-state index in [0.29, 0.717) is 11.1 Å². The van der Waals surface area contributed by atoms with E-state index in [-0.39, 0.29) is 19.0 Å². The predicted molar refractivity (Wildman–Crippen MR) is 131 cm³/mol. The summed E-state index contributed by atoms with van der Waals surface area (Å²) in [6, 6.07) is 25.3. The van der Waals surface area contributed by atoms with Crippen molar-refractivity contribution in [2.24, 2.45) is 0 Å². The molecule has 1 atom stereocenters. The molecular weight excluding hydrogens is 419 g/mol. The smallest absolute Gasteiger partial charge is 0.308 e. The van der Waals surface area contributed by atoms with Crippen LogP contribution in [0, 0.1) is 6.92 Å². The largest absolute Gasteiger partial charge is 0.345 e. The number of ketones is 1. The van der Waals surface area contributed by atoms with E-state index in [9.17, 15) is 9.36 Å². The van der Waals surface area contributed by atoms with Gasteiger partial charge in [0.15, 0.2) is 5.78 Å². The van der Waals surface area contributed by atoms with Gasteiger partial charge in [-0.15, -0.1) is 0 Å². The van der Waals surface area contributed by atoms with Crippen molar-refractivity contribution in [1.82, 2.24) is 0 Å². The molecule has 0 amide bonds. The van der Waals surface area contributed by atoms with Crippen molar-refractivity contribution in [3.8, 4) is 0 Å². The molecule has 4 aromatic carbocycles. The zero-order valence-electron chi connectivity index (χ0n) is 18.6. The lowest BCUT2D eigenvalue weighted by atomic mass is 9.93. The molecule has 0 aliphatic heterocycles. The third kappa shape index (κ3) is 4.14. The second kappa shape index (κ2) is 9.38. The highest BCUT2D eigenvalue weighted by Gasteiger charge is 2.43. The molecular formula is C27H27O4P. The number of hydrogen-bond acceptors (Lipinski definition) is 4. The fourth-order valence-electron chi connectivity index (χ4n) is 4.26. The van der Waals surface area contributed by atoms with Crippen LogP contribution in [0.5, 0.6) is 0 Å². The zero-order valence-corrected chi connectivity index (χ0v) is 19.5. The highest BCUT2D eigenvalue weighted by Crippen LogP contribution is 2.63. The van der Waals surface area contributed by atoms with Crippen LogP contribution in [-0.4, -0.2) is 19.0 Å². The van der Waals surface area contributed by atoms with E-state index in [1.807, 2.05) is 85.8 Å². The molecule has 0 saturated carbocycles. The van der Waals surface area contributed by atoms with E-state index < -0.39 is 13.3 Å². The van der Waals surface area contributed by atoms with Crippen LogP contribution in [0.1, 0.15) is 41.0 Å². The molecule has 0 aliphatic carbocycles.